The Morgan fingerprint density at radius 3 is 2.58 bits per heavy atom. The van der Waals surface area contributed by atoms with Crippen molar-refractivity contribution in [1.82, 2.24) is 15.3 Å². The maximum absolute atomic E-state index is 12.1. The lowest BCUT2D eigenvalue weighted by molar-refractivity contribution is -0.323. The van der Waals surface area contributed by atoms with Crippen LogP contribution < -0.4 is 10.6 Å². The van der Waals surface area contributed by atoms with Gasteiger partial charge in [0, 0.05) is 49.8 Å². The van der Waals surface area contributed by atoms with E-state index in [0.717, 1.165) is 87.5 Å². The van der Waals surface area contributed by atoms with E-state index in [2.05, 4.69) is 20.4 Å². The molecule has 0 spiro atoms. The molecule has 2 aliphatic rings. The molecule has 198 valence electrons. The molecule has 3 heterocycles. The first-order valence-electron chi connectivity index (χ1n) is 12.7. The second-order valence-electron chi connectivity index (χ2n) is 9.67. The van der Waals surface area contributed by atoms with E-state index in [-0.39, 0.29) is 19.2 Å². The molecule has 2 N–H and O–H groups in total. The number of hydrogen-bond donors (Lipinski definition) is 2. The van der Waals surface area contributed by atoms with E-state index in [1.54, 1.807) is 6.20 Å². The molecule has 0 radical (unpaired) electrons. The normalized spacial score (nSPS) is 21.4. The first-order chi connectivity index (χ1) is 17.4. The van der Waals surface area contributed by atoms with Gasteiger partial charge in [-0.2, -0.15) is 0 Å². The molecule has 0 aromatic carbocycles. The molecular weight excluding hydrogens is 493 g/mol. The van der Waals surface area contributed by atoms with Crippen LogP contribution in [0.15, 0.2) is 30.5 Å². The number of ether oxygens (including phenoxy) is 2. The standard InChI is InChI=1S/C26H34ClF3N4O2/c27-23-17-32-21(14-18-4-6-20(7-5-18)31-10-13-36-26(28,29)30)15-22(23)24-2-1-3-25(34-24)33-16-19-8-11-35-12-9-19/h1-3,15,17-20,31H,4-14,16H2,(H,33,34). The highest BCUT2D eigenvalue weighted by molar-refractivity contribution is 6.33. The van der Waals surface area contributed by atoms with Crippen LogP contribution in [0.2, 0.25) is 5.02 Å². The van der Waals surface area contributed by atoms with Crippen LogP contribution in [0.4, 0.5) is 19.0 Å². The van der Waals surface area contributed by atoms with Crippen molar-refractivity contribution in [2.45, 2.75) is 57.3 Å². The summed E-state index contributed by atoms with van der Waals surface area (Å²) in [7, 11) is 0. The van der Waals surface area contributed by atoms with Crippen molar-refractivity contribution in [2.24, 2.45) is 11.8 Å². The average Bonchev–Trinajstić information content (AvgIpc) is 2.88. The molecule has 0 unspecified atom stereocenters. The molecule has 0 bridgehead atoms. The SMILES string of the molecule is FC(F)(F)OCCNC1CCC(Cc2cc(-c3cccc(NCC4CCOCC4)n3)c(Cl)cn2)CC1. The van der Waals surface area contributed by atoms with Gasteiger partial charge in [-0.15, -0.1) is 13.2 Å². The fraction of sp³-hybridized carbons (Fsp3) is 0.615. The Hall–Kier alpha value is -1.94. The van der Waals surface area contributed by atoms with E-state index in [1.165, 1.54) is 0 Å². The van der Waals surface area contributed by atoms with E-state index in [4.69, 9.17) is 21.3 Å². The van der Waals surface area contributed by atoms with Gasteiger partial charge < -0.3 is 15.4 Å². The predicted molar refractivity (Wildman–Crippen MR) is 134 cm³/mol. The Balaban J connectivity index is 1.28. The minimum Gasteiger partial charge on any atom is -0.381 e. The molecule has 2 aromatic rings. The maximum Gasteiger partial charge on any atom is 0.522 e. The summed E-state index contributed by atoms with van der Waals surface area (Å²) in [4.78, 5) is 9.35. The van der Waals surface area contributed by atoms with E-state index in [0.29, 0.717) is 16.9 Å². The van der Waals surface area contributed by atoms with Gasteiger partial charge >= 0.3 is 6.36 Å². The number of nitrogens with zero attached hydrogens (tertiary/aromatic N) is 2. The van der Waals surface area contributed by atoms with E-state index < -0.39 is 6.36 Å². The smallest absolute Gasteiger partial charge is 0.381 e. The van der Waals surface area contributed by atoms with Crippen LogP contribution in [-0.4, -0.2) is 55.3 Å². The van der Waals surface area contributed by atoms with Gasteiger partial charge in [0.1, 0.15) is 5.82 Å². The molecule has 1 aliphatic carbocycles. The molecular formula is C26H34ClF3N4O2. The Morgan fingerprint density at radius 1 is 1.06 bits per heavy atom. The van der Waals surface area contributed by atoms with Crippen LogP contribution in [0.25, 0.3) is 11.3 Å². The fourth-order valence-corrected chi connectivity index (χ4v) is 5.17. The molecule has 1 saturated heterocycles. The lowest BCUT2D eigenvalue weighted by atomic mass is 9.83. The van der Waals surface area contributed by atoms with Crippen molar-refractivity contribution in [3.05, 3.63) is 41.2 Å². The molecule has 0 atom stereocenters. The van der Waals surface area contributed by atoms with Crippen molar-refractivity contribution in [3.63, 3.8) is 0 Å². The van der Waals surface area contributed by atoms with Crippen LogP contribution in [0, 0.1) is 11.8 Å². The monoisotopic (exact) mass is 526 g/mol. The molecule has 2 aromatic heterocycles. The van der Waals surface area contributed by atoms with Gasteiger partial charge in [-0.05, 0) is 75.0 Å². The lowest BCUT2D eigenvalue weighted by Gasteiger charge is -2.29. The highest BCUT2D eigenvalue weighted by Crippen LogP contribution is 2.31. The van der Waals surface area contributed by atoms with E-state index >= 15 is 0 Å². The average molecular weight is 527 g/mol. The zero-order valence-electron chi connectivity index (χ0n) is 20.3. The van der Waals surface area contributed by atoms with E-state index in [9.17, 15) is 13.2 Å². The third kappa shape index (κ3) is 8.57. The second kappa shape index (κ2) is 13.0. The van der Waals surface area contributed by atoms with Gasteiger partial charge in [0.15, 0.2) is 0 Å². The number of halogens is 4. The maximum atomic E-state index is 12.1. The van der Waals surface area contributed by atoms with Crippen LogP contribution >= 0.6 is 11.6 Å². The summed E-state index contributed by atoms with van der Waals surface area (Å²) in [5, 5.41) is 7.20. The number of anilines is 1. The van der Waals surface area contributed by atoms with Crippen molar-refractivity contribution >= 4 is 17.4 Å². The number of hydrogen-bond acceptors (Lipinski definition) is 6. The number of aromatic nitrogens is 2. The molecule has 1 aliphatic heterocycles. The molecule has 36 heavy (non-hydrogen) atoms. The van der Waals surface area contributed by atoms with Gasteiger partial charge in [-0.1, -0.05) is 17.7 Å². The van der Waals surface area contributed by atoms with Crippen molar-refractivity contribution in [2.75, 3.05) is 38.2 Å². The zero-order valence-corrected chi connectivity index (χ0v) is 21.1. The van der Waals surface area contributed by atoms with Gasteiger partial charge in [-0.3, -0.25) is 9.72 Å². The Bertz CT molecular complexity index is 964. The Labute approximate surface area is 215 Å². The van der Waals surface area contributed by atoms with Crippen LogP contribution in [0.5, 0.6) is 0 Å². The molecule has 6 nitrogen and oxygen atoms in total. The lowest BCUT2D eigenvalue weighted by Crippen LogP contribution is -2.36. The van der Waals surface area contributed by atoms with Crippen molar-refractivity contribution in [1.29, 1.82) is 0 Å². The van der Waals surface area contributed by atoms with E-state index in [1.807, 2.05) is 24.3 Å². The molecule has 10 heteroatoms. The Kier molecular flexibility index (Phi) is 9.81. The summed E-state index contributed by atoms with van der Waals surface area (Å²) < 4.78 is 45.5. The summed E-state index contributed by atoms with van der Waals surface area (Å²) in [6, 6.07) is 8.18. The van der Waals surface area contributed by atoms with Crippen LogP contribution in [0.1, 0.15) is 44.2 Å². The highest BCUT2D eigenvalue weighted by Gasteiger charge is 2.29. The molecule has 0 amide bonds. The van der Waals surface area contributed by atoms with Crippen molar-refractivity contribution < 1.29 is 22.6 Å². The highest BCUT2D eigenvalue weighted by atomic mass is 35.5. The van der Waals surface area contributed by atoms with Crippen LogP contribution in [0.3, 0.4) is 0 Å². The van der Waals surface area contributed by atoms with Gasteiger partial charge in [0.25, 0.3) is 0 Å². The topological polar surface area (TPSA) is 68.3 Å². The summed E-state index contributed by atoms with van der Waals surface area (Å²) in [6.07, 6.45) is 3.97. The van der Waals surface area contributed by atoms with Crippen molar-refractivity contribution in [3.8, 4) is 11.3 Å². The van der Waals surface area contributed by atoms with Gasteiger partial charge in [-0.25, -0.2) is 4.98 Å². The van der Waals surface area contributed by atoms with Gasteiger partial charge in [0.05, 0.1) is 17.3 Å². The third-order valence-corrected chi connectivity index (χ3v) is 7.30. The van der Waals surface area contributed by atoms with Crippen LogP contribution in [-0.2, 0) is 15.9 Å². The summed E-state index contributed by atoms with van der Waals surface area (Å²) in [6.45, 7) is 2.37. The molecule has 1 saturated carbocycles. The summed E-state index contributed by atoms with van der Waals surface area (Å²) >= 11 is 6.51. The zero-order chi connectivity index (χ0) is 25.4. The first kappa shape index (κ1) is 27.1. The summed E-state index contributed by atoms with van der Waals surface area (Å²) in [5.41, 5.74) is 2.66. The number of rotatable bonds is 10. The minimum absolute atomic E-state index is 0.201. The predicted octanol–water partition coefficient (Wildman–Crippen LogP) is 5.86. The number of pyridine rings is 2. The molecule has 4 rings (SSSR count). The first-order valence-corrected chi connectivity index (χ1v) is 13.1. The fourth-order valence-electron chi connectivity index (χ4n) is 4.97. The minimum atomic E-state index is -4.57. The largest absolute Gasteiger partial charge is 0.522 e. The Morgan fingerprint density at radius 2 is 1.83 bits per heavy atom. The third-order valence-electron chi connectivity index (χ3n) is 7.00. The number of alkyl halides is 3. The molecule has 2 fully saturated rings. The second-order valence-corrected chi connectivity index (χ2v) is 10.1. The quantitative estimate of drug-likeness (QED) is 0.378. The van der Waals surface area contributed by atoms with Gasteiger partial charge in [0.2, 0.25) is 0 Å². The number of nitrogens with one attached hydrogen (secondary N) is 2. The summed E-state index contributed by atoms with van der Waals surface area (Å²) in [5.74, 6) is 1.91.